The second kappa shape index (κ2) is 4.08. The molecule has 84 valence electrons. The Morgan fingerprint density at radius 1 is 1.33 bits per heavy atom. The zero-order valence-corrected chi connectivity index (χ0v) is 9.21. The zero-order valence-electron chi connectivity index (χ0n) is 9.21. The van der Waals surface area contributed by atoms with Crippen LogP contribution in [0.5, 0.6) is 5.88 Å². The van der Waals surface area contributed by atoms with Gasteiger partial charge in [-0.05, 0) is 12.0 Å². The van der Waals surface area contributed by atoms with Gasteiger partial charge in [-0.25, -0.2) is 8.78 Å². The number of hydrogen-bond acceptors (Lipinski definition) is 3. The first-order valence-corrected chi connectivity index (χ1v) is 4.66. The van der Waals surface area contributed by atoms with Crippen molar-refractivity contribution in [1.29, 1.82) is 0 Å². The van der Waals surface area contributed by atoms with Crippen molar-refractivity contribution in [3.05, 3.63) is 17.3 Å². The van der Waals surface area contributed by atoms with Crippen LogP contribution in [0.2, 0.25) is 0 Å². The molecule has 0 bridgehead atoms. The number of alkyl halides is 2. The smallest absolute Gasteiger partial charge is 0.275 e. The van der Waals surface area contributed by atoms with Crippen LogP contribution in [0.15, 0.2) is 6.07 Å². The van der Waals surface area contributed by atoms with Gasteiger partial charge in [0.1, 0.15) is 0 Å². The first-order valence-electron chi connectivity index (χ1n) is 4.66. The van der Waals surface area contributed by atoms with Crippen molar-refractivity contribution in [2.75, 3.05) is 7.11 Å². The highest BCUT2D eigenvalue weighted by Gasteiger charge is 2.30. The van der Waals surface area contributed by atoms with Crippen molar-refractivity contribution >= 4 is 0 Å². The molecule has 0 saturated carbocycles. The van der Waals surface area contributed by atoms with Gasteiger partial charge in [-0.15, -0.1) is 5.10 Å². The van der Waals surface area contributed by atoms with Crippen molar-refractivity contribution in [3.63, 3.8) is 0 Å². The number of rotatable bonds is 3. The Kier molecular flexibility index (Phi) is 3.21. The average molecular weight is 216 g/mol. The van der Waals surface area contributed by atoms with E-state index in [1.54, 1.807) is 0 Å². The average Bonchev–Trinajstić information content (AvgIpc) is 2.15. The molecule has 0 spiro atoms. The minimum atomic E-state index is -2.97. The van der Waals surface area contributed by atoms with Crippen LogP contribution < -0.4 is 4.74 Å². The van der Waals surface area contributed by atoms with Crippen LogP contribution in [0.1, 0.15) is 37.9 Å². The van der Waals surface area contributed by atoms with E-state index in [9.17, 15) is 8.78 Å². The van der Waals surface area contributed by atoms with E-state index in [0.717, 1.165) is 6.92 Å². The van der Waals surface area contributed by atoms with Gasteiger partial charge >= 0.3 is 0 Å². The van der Waals surface area contributed by atoms with E-state index in [4.69, 9.17) is 4.74 Å². The first kappa shape index (κ1) is 11.8. The third-order valence-electron chi connectivity index (χ3n) is 2.04. The minimum Gasteiger partial charge on any atom is -0.480 e. The van der Waals surface area contributed by atoms with E-state index in [-0.39, 0.29) is 17.4 Å². The lowest BCUT2D eigenvalue weighted by Crippen LogP contribution is -2.12. The van der Waals surface area contributed by atoms with Crippen molar-refractivity contribution in [1.82, 2.24) is 10.2 Å². The minimum absolute atomic E-state index is 0.0597. The largest absolute Gasteiger partial charge is 0.480 e. The molecule has 1 aromatic rings. The molecule has 0 N–H and O–H groups in total. The van der Waals surface area contributed by atoms with E-state index in [0.29, 0.717) is 5.69 Å². The summed E-state index contributed by atoms with van der Waals surface area (Å²) in [6, 6.07) is 1.34. The van der Waals surface area contributed by atoms with E-state index in [1.807, 2.05) is 13.8 Å². The molecule has 0 unspecified atom stereocenters. The molecule has 0 aromatic carbocycles. The molecular weight excluding hydrogens is 202 g/mol. The van der Waals surface area contributed by atoms with Crippen molar-refractivity contribution in [2.24, 2.45) is 0 Å². The number of methoxy groups -OCH3 is 1. The van der Waals surface area contributed by atoms with Crippen LogP contribution >= 0.6 is 0 Å². The molecule has 0 radical (unpaired) electrons. The molecule has 1 aromatic heterocycles. The molecular formula is C10H14F2N2O. The second-order valence-electron chi connectivity index (χ2n) is 3.74. The third kappa shape index (κ3) is 2.61. The topological polar surface area (TPSA) is 35.0 Å². The number of halogens is 2. The Labute approximate surface area is 87.5 Å². The van der Waals surface area contributed by atoms with Crippen LogP contribution in [0, 0.1) is 0 Å². The lowest BCUT2D eigenvalue weighted by atomic mass is 10.1. The Morgan fingerprint density at radius 3 is 2.33 bits per heavy atom. The predicted octanol–water partition coefficient (Wildman–Crippen LogP) is 2.72. The molecule has 1 rings (SSSR count). The van der Waals surface area contributed by atoms with Crippen molar-refractivity contribution in [2.45, 2.75) is 32.6 Å². The molecule has 3 nitrogen and oxygen atoms in total. The quantitative estimate of drug-likeness (QED) is 0.779. The number of nitrogens with zero attached hydrogens (tertiary/aromatic N) is 2. The van der Waals surface area contributed by atoms with E-state index in [1.165, 1.54) is 13.2 Å². The Balaban J connectivity index is 3.26. The number of hydrogen-bond donors (Lipinski definition) is 0. The Bertz CT molecular complexity index is 348. The van der Waals surface area contributed by atoms with E-state index < -0.39 is 5.92 Å². The van der Waals surface area contributed by atoms with Crippen molar-refractivity contribution in [3.8, 4) is 5.88 Å². The molecule has 0 aliphatic heterocycles. The second-order valence-corrected chi connectivity index (χ2v) is 3.74. The fourth-order valence-corrected chi connectivity index (χ4v) is 1.14. The maximum atomic E-state index is 13.2. The van der Waals surface area contributed by atoms with Gasteiger partial charge in [0.15, 0.2) is 0 Å². The van der Waals surface area contributed by atoms with Gasteiger partial charge in [-0.1, -0.05) is 13.8 Å². The molecule has 1 heterocycles. The van der Waals surface area contributed by atoms with Gasteiger partial charge in [-0.2, -0.15) is 5.10 Å². The van der Waals surface area contributed by atoms with Crippen LogP contribution in [0.3, 0.4) is 0 Å². The molecule has 0 fully saturated rings. The van der Waals surface area contributed by atoms with Gasteiger partial charge < -0.3 is 4.74 Å². The maximum Gasteiger partial charge on any atom is 0.275 e. The highest BCUT2D eigenvalue weighted by Crippen LogP contribution is 2.33. The molecule has 5 heteroatoms. The van der Waals surface area contributed by atoms with Gasteiger partial charge in [0, 0.05) is 6.92 Å². The Morgan fingerprint density at radius 2 is 1.93 bits per heavy atom. The monoisotopic (exact) mass is 216 g/mol. The number of ether oxygens (including phenoxy) is 1. The summed E-state index contributed by atoms with van der Waals surface area (Å²) in [4.78, 5) is 0. The summed E-state index contributed by atoms with van der Waals surface area (Å²) in [6.07, 6.45) is 0. The summed E-state index contributed by atoms with van der Waals surface area (Å²) in [5.41, 5.74) is 0.316. The maximum absolute atomic E-state index is 13.2. The molecule has 0 saturated heterocycles. The summed E-state index contributed by atoms with van der Waals surface area (Å²) in [5, 5.41) is 7.45. The van der Waals surface area contributed by atoms with Crippen LogP contribution in [-0.4, -0.2) is 17.3 Å². The molecule has 15 heavy (non-hydrogen) atoms. The van der Waals surface area contributed by atoms with E-state index in [2.05, 4.69) is 10.2 Å². The summed E-state index contributed by atoms with van der Waals surface area (Å²) in [7, 11) is 1.30. The third-order valence-corrected chi connectivity index (χ3v) is 2.04. The SMILES string of the molecule is COc1nnc(C(C)C)cc1C(C)(F)F. The summed E-state index contributed by atoms with van der Waals surface area (Å²) in [6.45, 7) is 4.55. The van der Waals surface area contributed by atoms with Crippen LogP contribution in [0.25, 0.3) is 0 Å². The fraction of sp³-hybridized carbons (Fsp3) is 0.600. The Hall–Kier alpha value is -1.26. The summed E-state index contributed by atoms with van der Waals surface area (Å²) in [5.74, 6) is -3.03. The van der Waals surface area contributed by atoms with Gasteiger partial charge in [0.2, 0.25) is 5.88 Å². The normalized spacial score (nSPS) is 11.9. The molecule has 0 amide bonds. The molecule has 0 aliphatic rings. The summed E-state index contributed by atoms with van der Waals surface area (Å²) < 4.78 is 31.1. The number of aromatic nitrogens is 2. The van der Waals surface area contributed by atoms with Crippen LogP contribution in [-0.2, 0) is 5.92 Å². The van der Waals surface area contributed by atoms with Crippen LogP contribution in [0.4, 0.5) is 8.78 Å². The van der Waals surface area contributed by atoms with E-state index >= 15 is 0 Å². The van der Waals surface area contributed by atoms with Gasteiger partial charge in [-0.3, -0.25) is 0 Å². The lowest BCUT2D eigenvalue weighted by Gasteiger charge is -2.15. The molecule has 0 aliphatic carbocycles. The molecule has 0 atom stereocenters. The summed E-state index contributed by atoms with van der Waals surface area (Å²) >= 11 is 0. The zero-order chi connectivity index (χ0) is 11.6. The fourth-order valence-electron chi connectivity index (χ4n) is 1.14. The standard InChI is InChI=1S/C10H14F2N2O/c1-6(2)8-5-7(10(3,11)12)9(15-4)14-13-8/h5-6H,1-4H3. The van der Waals surface area contributed by atoms with Gasteiger partial charge in [0.05, 0.1) is 18.4 Å². The van der Waals surface area contributed by atoms with Crippen molar-refractivity contribution < 1.29 is 13.5 Å². The highest BCUT2D eigenvalue weighted by molar-refractivity contribution is 5.31. The first-order chi connectivity index (χ1) is 6.86. The van der Waals surface area contributed by atoms with Gasteiger partial charge in [0.25, 0.3) is 5.92 Å². The lowest BCUT2D eigenvalue weighted by molar-refractivity contribution is 0.0141. The predicted molar refractivity (Wildman–Crippen MR) is 52.2 cm³/mol. The highest BCUT2D eigenvalue weighted by atomic mass is 19.3.